The summed E-state index contributed by atoms with van der Waals surface area (Å²) < 4.78 is 1.70. The molecule has 0 aliphatic heterocycles. The van der Waals surface area contributed by atoms with E-state index in [0.29, 0.717) is 5.16 Å². The highest BCUT2D eigenvalue weighted by Gasteiger charge is 2.21. The van der Waals surface area contributed by atoms with E-state index < -0.39 is 0 Å². The van der Waals surface area contributed by atoms with Crippen LogP contribution in [0.5, 0.6) is 0 Å². The van der Waals surface area contributed by atoms with Gasteiger partial charge >= 0.3 is 0 Å². The van der Waals surface area contributed by atoms with Gasteiger partial charge in [0.2, 0.25) is 11.1 Å². The number of aromatic nitrogens is 4. The van der Waals surface area contributed by atoms with Crippen molar-refractivity contribution in [1.82, 2.24) is 20.2 Å². The van der Waals surface area contributed by atoms with Crippen LogP contribution in [0.3, 0.4) is 0 Å². The Labute approximate surface area is 168 Å². The second-order valence-corrected chi connectivity index (χ2v) is 8.56. The van der Waals surface area contributed by atoms with Crippen LogP contribution in [0.2, 0.25) is 0 Å². The maximum Gasteiger partial charge on any atom is 0.237 e. The summed E-state index contributed by atoms with van der Waals surface area (Å²) in [6.45, 7) is 5.93. The lowest BCUT2D eigenvalue weighted by atomic mass is 10.1. The number of rotatable bonds is 5. The number of nitrogens with zero attached hydrogens (tertiary/aromatic N) is 4. The predicted octanol–water partition coefficient (Wildman–Crippen LogP) is 3.89. The smallest absolute Gasteiger partial charge is 0.237 e. The average Bonchev–Trinajstić information content (AvgIpc) is 3.32. The first-order valence-corrected chi connectivity index (χ1v) is 10.3. The number of amides is 1. The highest BCUT2D eigenvalue weighted by molar-refractivity contribution is 8.00. The van der Waals surface area contributed by atoms with Crippen molar-refractivity contribution in [3.63, 3.8) is 0 Å². The van der Waals surface area contributed by atoms with Gasteiger partial charge in [0.1, 0.15) is 0 Å². The molecule has 0 unspecified atom stereocenters. The standard InChI is InChI=1S/C21H23N5OS/c1-13-7-8-14(2)19(11-13)26-21(23-24-25-26)28-15(3)20(27)22-18-10-9-16-5-4-6-17(16)12-18/h7-12,15H,4-6H2,1-3H3,(H,22,27)/t15-/m0/s1. The highest BCUT2D eigenvalue weighted by Crippen LogP contribution is 2.27. The van der Waals surface area contributed by atoms with Crippen LogP contribution < -0.4 is 5.32 Å². The lowest BCUT2D eigenvalue weighted by Gasteiger charge is -2.13. The number of hydrogen-bond donors (Lipinski definition) is 1. The minimum atomic E-state index is -0.330. The van der Waals surface area contributed by atoms with E-state index in [0.717, 1.165) is 35.3 Å². The fourth-order valence-corrected chi connectivity index (χ4v) is 4.26. The third kappa shape index (κ3) is 3.80. The lowest BCUT2D eigenvalue weighted by molar-refractivity contribution is -0.115. The van der Waals surface area contributed by atoms with Gasteiger partial charge in [0.15, 0.2) is 0 Å². The molecular formula is C21H23N5OS. The van der Waals surface area contributed by atoms with Crippen molar-refractivity contribution in [3.8, 4) is 5.69 Å². The molecule has 1 aliphatic carbocycles. The van der Waals surface area contributed by atoms with E-state index >= 15 is 0 Å². The minimum Gasteiger partial charge on any atom is -0.325 e. The number of thioether (sulfide) groups is 1. The summed E-state index contributed by atoms with van der Waals surface area (Å²) in [5, 5.41) is 15.4. The van der Waals surface area contributed by atoms with Gasteiger partial charge in [-0.2, -0.15) is 4.68 Å². The van der Waals surface area contributed by atoms with Crippen LogP contribution in [0.25, 0.3) is 5.69 Å². The molecule has 144 valence electrons. The van der Waals surface area contributed by atoms with E-state index in [9.17, 15) is 4.79 Å². The van der Waals surface area contributed by atoms with Gasteiger partial charge in [-0.15, -0.1) is 5.10 Å². The Morgan fingerprint density at radius 3 is 2.82 bits per heavy atom. The van der Waals surface area contributed by atoms with Crippen LogP contribution in [0.1, 0.15) is 35.6 Å². The molecule has 0 fully saturated rings. The van der Waals surface area contributed by atoms with Crippen molar-refractivity contribution < 1.29 is 4.79 Å². The molecule has 1 amide bonds. The Balaban J connectivity index is 1.48. The summed E-state index contributed by atoms with van der Waals surface area (Å²) >= 11 is 1.35. The van der Waals surface area contributed by atoms with Gasteiger partial charge < -0.3 is 5.32 Å². The number of benzene rings is 2. The second kappa shape index (κ2) is 7.75. The number of fused-ring (bicyclic) bond motifs is 1. The van der Waals surface area contributed by atoms with Crippen molar-refractivity contribution in [2.24, 2.45) is 0 Å². The Morgan fingerprint density at radius 1 is 1.14 bits per heavy atom. The Kier molecular flexibility index (Phi) is 5.17. The number of anilines is 1. The van der Waals surface area contributed by atoms with E-state index in [1.807, 2.05) is 39.0 Å². The van der Waals surface area contributed by atoms with Crippen LogP contribution in [0, 0.1) is 13.8 Å². The van der Waals surface area contributed by atoms with Crippen molar-refractivity contribution in [2.45, 2.75) is 50.4 Å². The monoisotopic (exact) mass is 393 g/mol. The first kappa shape index (κ1) is 18.7. The minimum absolute atomic E-state index is 0.0570. The van der Waals surface area contributed by atoms with Gasteiger partial charge in [0.05, 0.1) is 10.9 Å². The van der Waals surface area contributed by atoms with Crippen molar-refractivity contribution in [2.75, 3.05) is 5.32 Å². The van der Waals surface area contributed by atoms with Crippen LogP contribution in [0.15, 0.2) is 41.6 Å². The Morgan fingerprint density at radius 2 is 1.96 bits per heavy atom. The van der Waals surface area contributed by atoms with Gasteiger partial charge in [-0.25, -0.2) is 0 Å². The van der Waals surface area contributed by atoms with E-state index in [2.05, 4.69) is 39.0 Å². The molecule has 4 rings (SSSR count). The topological polar surface area (TPSA) is 72.7 Å². The maximum absolute atomic E-state index is 12.7. The fourth-order valence-electron chi connectivity index (χ4n) is 3.46. The predicted molar refractivity (Wildman–Crippen MR) is 111 cm³/mol. The summed E-state index contributed by atoms with van der Waals surface area (Å²) in [7, 11) is 0. The van der Waals surface area contributed by atoms with Gasteiger partial charge in [-0.3, -0.25) is 4.79 Å². The van der Waals surface area contributed by atoms with Gasteiger partial charge in [0, 0.05) is 5.69 Å². The summed E-state index contributed by atoms with van der Waals surface area (Å²) in [5.41, 5.74) is 6.74. The van der Waals surface area contributed by atoms with Crippen LogP contribution in [0.4, 0.5) is 5.69 Å². The molecule has 1 N–H and O–H groups in total. The molecule has 0 radical (unpaired) electrons. The summed E-state index contributed by atoms with van der Waals surface area (Å²) in [6.07, 6.45) is 3.42. The lowest BCUT2D eigenvalue weighted by Crippen LogP contribution is -2.23. The SMILES string of the molecule is Cc1ccc(C)c(-n2nnnc2S[C@@H](C)C(=O)Nc2ccc3c(c2)CCC3)c1. The number of carbonyl (C=O) groups excluding carboxylic acids is 1. The third-order valence-corrected chi connectivity index (χ3v) is 6.08. The molecule has 28 heavy (non-hydrogen) atoms. The summed E-state index contributed by atoms with van der Waals surface area (Å²) in [6, 6.07) is 12.4. The molecule has 1 aromatic heterocycles. The van der Waals surface area contributed by atoms with E-state index in [4.69, 9.17) is 0 Å². The van der Waals surface area contributed by atoms with Crippen molar-refractivity contribution in [3.05, 3.63) is 58.7 Å². The number of hydrogen-bond acceptors (Lipinski definition) is 5. The summed E-state index contributed by atoms with van der Waals surface area (Å²) in [4.78, 5) is 12.7. The largest absolute Gasteiger partial charge is 0.325 e. The first-order valence-electron chi connectivity index (χ1n) is 9.46. The van der Waals surface area contributed by atoms with Crippen molar-refractivity contribution in [1.29, 1.82) is 0 Å². The molecule has 2 aromatic carbocycles. The maximum atomic E-state index is 12.7. The fraction of sp³-hybridized carbons (Fsp3) is 0.333. The molecule has 6 nitrogen and oxygen atoms in total. The molecule has 0 bridgehead atoms. The molecule has 0 saturated heterocycles. The molecule has 1 aliphatic rings. The molecule has 3 aromatic rings. The van der Waals surface area contributed by atoms with Gasteiger partial charge in [-0.05, 0) is 90.9 Å². The van der Waals surface area contributed by atoms with E-state index in [1.165, 1.54) is 29.3 Å². The average molecular weight is 394 g/mol. The first-order chi connectivity index (χ1) is 13.5. The van der Waals surface area contributed by atoms with Crippen LogP contribution in [-0.4, -0.2) is 31.4 Å². The van der Waals surface area contributed by atoms with Crippen molar-refractivity contribution >= 4 is 23.4 Å². The van der Waals surface area contributed by atoms with E-state index in [-0.39, 0.29) is 11.2 Å². The molecule has 0 spiro atoms. The second-order valence-electron chi connectivity index (χ2n) is 7.25. The van der Waals surface area contributed by atoms with Gasteiger partial charge in [-0.1, -0.05) is 30.0 Å². The molecule has 1 heterocycles. The molecule has 0 saturated carbocycles. The van der Waals surface area contributed by atoms with Crippen LogP contribution in [-0.2, 0) is 17.6 Å². The Bertz CT molecular complexity index is 1030. The van der Waals surface area contributed by atoms with Gasteiger partial charge in [0.25, 0.3) is 0 Å². The molecule has 7 heteroatoms. The molecular weight excluding hydrogens is 370 g/mol. The zero-order valence-electron chi connectivity index (χ0n) is 16.3. The quantitative estimate of drug-likeness (QED) is 0.666. The van der Waals surface area contributed by atoms with E-state index in [1.54, 1.807) is 4.68 Å². The third-order valence-electron chi connectivity index (χ3n) is 5.05. The Hall–Kier alpha value is -2.67. The zero-order chi connectivity index (χ0) is 19.7. The highest BCUT2D eigenvalue weighted by atomic mass is 32.2. The number of tetrazole rings is 1. The number of nitrogens with one attached hydrogen (secondary N) is 1. The molecule has 1 atom stereocenters. The number of carbonyl (C=O) groups is 1. The normalized spacial score (nSPS) is 14.0. The number of aryl methyl sites for hydroxylation is 4. The summed E-state index contributed by atoms with van der Waals surface area (Å²) in [5.74, 6) is -0.0570. The van der Waals surface area contributed by atoms with Crippen LogP contribution >= 0.6 is 11.8 Å². The zero-order valence-corrected chi connectivity index (χ0v) is 17.1.